The molecule has 0 aromatic heterocycles. The zero-order valence-electron chi connectivity index (χ0n) is 11.8. The molecule has 6 heteroatoms. The number of methoxy groups -OCH3 is 1. The van der Waals surface area contributed by atoms with E-state index in [1.165, 1.54) is 19.2 Å². The average molecular weight is 280 g/mol. The van der Waals surface area contributed by atoms with Crippen LogP contribution in [0.3, 0.4) is 0 Å². The van der Waals surface area contributed by atoms with E-state index in [0.29, 0.717) is 11.4 Å². The smallest absolute Gasteiger partial charge is 0.275 e. The molecule has 0 bridgehead atoms. The molecule has 0 saturated carbocycles. The fourth-order valence-electron chi connectivity index (χ4n) is 2.27. The van der Waals surface area contributed by atoms with Crippen LogP contribution in [0.1, 0.15) is 19.8 Å². The zero-order chi connectivity index (χ0) is 14.6. The normalized spacial score (nSPS) is 17.5. The van der Waals surface area contributed by atoms with E-state index in [0.717, 1.165) is 32.6 Å². The van der Waals surface area contributed by atoms with Crippen LogP contribution in [-0.4, -0.2) is 31.8 Å². The van der Waals surface area contributed by atoms with Gasteiger partial charge in [0.15, 0.2) is 0 Å². The molecular weight excluding hydrogens is 260 g/mol. The number of benzene rings is 1. The summed E-state index contributed by atoms with van der Waals surface area (Å²) in [6.45, 7) is 4.52. The number of non-ortho nitro benzene ring substituents is 1. The molecule has 1 aromatic carbocycles. The number of ether oxygens (including phenoxy) is 2. The molecule has 1 heterocycles. The van der Waals surface area contributed by atoms with Crippen molar-refractivity contribution >= 4 is 11.4 Å². The first-order valence-electron chi connectivity index (χ1n) is 6.67. The molecule has 0 aliphatic carbocycles. The zero-order valence-corrected chi connectivity index (χ0v) is 11.8. The maximum atomic E-state index is 10.9. The first kappa shape index (κ1) is 14.6. The van der Waals surface area contributed by atoms with Gasteiger partial charge in [-0.2, -0.15) is 0 Å². The lowest BCUT2D eigenvalue weighted by Gasteiger charge is -2.33. The van der Waals surface area contributed by atoms with E-state index >= 15 is 0 Å². The lowest BCUT2D eigenvalue weighted by atomic mass is 9.82. The Kier molecular flexibility index (Phi) is 4.44. The van der Waals surface area contributed by atoms with Crippen LogP contribution in [0.5, 0.6) is 5.75 Å². The van der Waals surface area contributed by atoms with Crippen molar-refractivity contribution in [3.63, 3.8) is 0 Å². The Bertz CT molecular complexity index is 484. The molecule has 20 heavy (non-hydrogen) atoms. The highest BCUT2D eigenvalue weighted by Crippen LogP contribution is 2.31. The molecule has 2 rings (SSSR count). The highest BCUT2D eigenvalue weighted by Gasteiger charge is 2.27. The predicted octanol–water partition coefficient (Wildman–Crippen LogP) is 2.83. The standard InChI is InChI=1S/C14H20N2O4/c1-14(3-5-20-6-4-14)10-15-11-7-12(16(17)18)9-13(8-11)19-2/h7-9,15H,3-6,10H2,1-2H3. The van der Waals surface area contributed by atoms with Crippen LogP contribution >= 0.6 is 0 Å². The minimum atomic E-state index is -0.413. The van der Waals surface area contributed by atoms with Gasteiger partial charge in [-0.25, -0.2) is 0 Å². The van der Waals surface area contributed by atoms with E-state index in [9.17, 15) is 10.1 Å². The lowest BCUT2D eigenvalue weighted by Crippen LogP contribution is -2.33. The van der Waals surface area contributed by atoms with Gasteiger partial charge in [-0.05, 0) is 18.3 Å². The molecule has 0 amide bonds. The molecule has 0 spiro atoms. The van der Waals surface area contributed by atoms with Crippen molar-refractivity contribution in [1.82, 2.24) is 0 Å². The van der Waals surface area contributed by atoms with E-state index in [-0.39, 0.29) is 11.1 Å². The van der Waals surface area contributed by atoms with E-state index in [1.54, 1.807) is 6.07 Å². The minimum Gasteiger partial charge on any atom is -0.496 e. The fourth-order valence-corrected chi connectivity index (χ4v) is 2.27. The molecule has 0 radical (unpaired) electrons. The summed E-state index contributed by atoms with van der Waals surface area (Å²) in [5.41, 5.74) is 0.906. The van der Waals surface area contributed by atoms with E-state index < -0.39 is 4.92 Å². The maximum Gasteiger partial charge on any atom is 0.275 e. The van der Waals surface area contributed by atoms with Crippen molar-refractivity contribution in [2.45, 2.75) is 19.8 Å². The molecule has 1 aliphatic rings. The average Bonchev–Trinajstić information content (AvgIpc) is 2.45. The predicted molar refractivity (Wildman–Crippen MR) is 76.3 cm³/mol. The van der Waals surface area contributed by atoms with Gasteiger partial charge in [0.2, 0.25) is 0 Å². The summed E-state index contributed by atoms with van der Waals surface area (Å²) in [5, 5.41) is 14.2. The number of nitro groups is 1. The Balaban J connectivity index is 2.08. The van der Waals surface area contributed by atoms with Crippen LogP contribution in [0.25, 0.3) is 0 Å². The van der Waals surface area contributed by atoms with Crippen molar-refractivity contribution in [3.05, 3.63) is 28.3 Å². The molecule has 0 unspecified atom stereocenters. The molecular formula is C14H20N2O4. The molecule has 1 aromatic rings. The summed E-state index contributed by atoms with van der Waals surface area (Å²) in [4.78, 5) is 10.5. The van der Waals surface area contributed by atoms with Gasteiger partial charge in [0.1, 0.15) is 5.75 Å². The molecule has 1 fully saturated rings. The Hall–Kier alpha value is -1.82. The van der Waals surface area contributed by atoms with Crippen molar-refractivity contribution < 1.29 is 14.4 Å². The van der Waals surface area contributed by atoms with Crippen LogP contribution < -0.4 is 10.1 Å². The molecule has 110 valence electrons. The van der Waals surface area contributed by atoms with Crippen molar-refractivity contribution in [2.24, 2.45) is 5.41 Å². The second kappa shape index (κ2) is 6.09. The Morgan fingerprint density at radius 2 is 2.10 bits per heavy atom. The van der Waals surface area contributed by atoms with Gasteiger partial charge in [-0.3, -0.25) is 10.1 Å². The molecule has 1 N–H and O–H groups in total. The molecule has 1 saturated heterocycles. The van der Waals surface area contributed by atoms with Crippen LogP contribution in [-0.2, 0) is 4.74 Å². The van der Waals surface area contributed by atoms with E-state index in [2.05, 4.69) is 12.2 Å². The first-order chi connectivity index (χ1) is 9.52. The SMILES string of the molecule is COc1cc(NCC2(C)CCOCC2)cc([N+](=O)[O-])c1. The number of anilines is 1. The highest BCUT2D eigenvalue weighted by molar-refractivity contribution is 5.56. The number of nitrogens with zero attached hydrogens (tertiary/aromatic N) is 1. The van der Waals surface area contributed by atoms with Crippen LogP contribution in [0, 0.1) is 15.5 Å². The van der Waals surface area contributed by atoms with Gasteiger partial charge in [0.05, 0.1) is 18.1 Å². The van der Waals surface area contributed by atoms with Gasteiger partial charge in [-0.15, -0.1) is 0 Å². The monoisotopic (exact) mass is 280 g/mol. The number of hydrogen-bond donors (Lipinski definition) is 1. The van der Waals surface area contributed by atoms with Crippen LogP contribution in [0.2, 0.25) is 0 Å². The molecule has 6 nitrogen and oxygen atoms in total. The third-order valence-electron chi connectivity index (χ3n) is 3.76. The summed E-state index contributed by atoms with van der Waals surface area (Å²) in [7, 11) is 1.50. The van der Waals surface area contributed by atoms with Crippen molar-refractivity contribution in [3.8, 4) is 5.75 Å². The Morgan fingerprint density at radius 3 is 2.70 bits per heavy atom. The van der Waals surface area contributed by atoms with Crippen LogP contribution in [0.4, 0.5) is 11.4 Å². The molecule has 1 aliphatic heterocycles. The summed E-state index contributed by atoms with van der Waals surface area (Å²) in [6.07, 6.45) is 1.98. The quantitative estimate of drug-likeness (QED) is 0.663. The highest BCUT2D eigenvalue weighted by atomic mass is 16.6. The number of nitro benzene ring substituents is 1. The van der Waals surface area contributed by atoms with Crippen molar-refractivity contribution in [2.75, 3.05) is 32.2 Å². The van der Waals surface area contributed by atoms with E-state index in [4.69, 9.17) is 9.47 Å². The maximum absolute atomic E-state index is 10.9. The Labute approximate surface area is 118 Å². The van der Waals surface area contributed by atoms with Gasteiger partial charge in [-0.1, -0.05) is 6.92 Å². The summed E-state index contributed by atoms with van der Waals surface area (Å²) >= 11 is 0. The van der Waals surface area contributed by atoms with Gasteiger partial charge >= 0.3 is 0 Å². The van der Waals surface area contributed by atoms with Gasteiger partial charge in [0.25, 0.3) is 5.69 Å². The number of rotatable bonds is 5. The minimum absolute atomic E-state index is 0.0315. The van der Waals surface area contributed by atoms with Gasteiger partial charge in [0, 0.05) is 37.6 Å². The van der Waals surface area contributed by atoms with Crippen molar-refractivity contribution in [1.29, 1.82) is 0 Å². The number of hydrogen-bond acceptors (Lipinski definition) is 5. The second-order valence-corrected chi connectivity index (χ2v) is 5.45. The summed E-state index contributed by atoms with van der Waals surface area (Å²) < 4.78 is 10.5. The first-order valence-corrected chi connectivity index (χ1v) is 6.67. The third-order valence-corrected chi connectivity index (χ3v) is 3.76. The number of nitrogens with one attached hydrogen (secondary N) is 1. The Morgan fingerprint density at radius 1 is 1.40 bits per heavy atom. The summed E-state index contributed by atoms with van der Waals surface area (Å²) in [5.74, 6) is 0.485. The summed E-state index contributed by atoms with van der Waals surface area (Å²) in [6, 6.07) is 4.72. The molecule has 0 atom stereocenters. The van der Waals surface area contributed by atoms with Gasteiger partial charge < -0.3 is 14.8 Å². The second-order valence-electron chi connectivity index (χ2n) is 5.45. The van der Waals surface area contributed by atoms with E-state index in [1.807, 2.05) is 0 Å². The van der Waals surface area contributed by atoms with Crippen LogP contribution in [0.15, 0.2) is 18.2 Å². The lowest BCUT2D eigenvalue weighted by molar-refractivity contribution is -0.384. The largest absolute Gasteiger partial charge is 0.496 e. The topological polar surface area (TPSA) is 73.6 Å². The fraction of sp³-hybridized carbons (Fsp3) is 0.571. The third kappa shape index (κ3) is 3.60.